The molecule has 2 atom stereocenters. The maximum atomic E-state index is 12.3. The predicted molar refractivity (Wildman–Crippen MR) is 70.5 cm³/mol. The molecule has 1 amide bonds. The molecule has 2 saturated heterocycles. The molecule has 0 saturated carbocycles. The van der Waals surface area contributed by atoms with Crippen LogP contribution in [-0.2, 0) is 9.53 Å². The molecule has 0 radical (unpaired) electrons. The van der Waals surface area contributed by atoms with Crippen LogP contribution in [0.2, 0.25) is 0 Å². The van der Waals surface area contributed by atoms with Crippen LogP contribution in [0.25, 0.3) is 0 Å². The van der Waals surface area contributed by atoms with E-state index in [2.05, 4.69) is 10.2 Å². The van der Waals surface area contributed by atoms with Crippen molar-refractivity contribution in [2.45, 2.75) is 31.9 Å². The van der Waals surface area contributed by atoms with Gasteiger partial charge in [-0.2, -0.15) is 0 Å². The molecule has 2 aliphatic rings. The van der Waals surface area contributed by atoms with Crippen LogP contribution in [0.15, 0.2) is 0 Å². The van der Waals surface area contributed by atoms with Gasteiger partial charge in [0.05, 0.1) is 12.1 Å². The van der Waals surface area contributed by atoms with Crippen molar-refractivity contribution in [3.05, 3.63) is 0 Å². The topological polar surface area (TPSA) is 44.8 Å². The summed E-state index contributed by atoms with van der Waals surface area (Å²) in [7, 11) is 2.02. The van der Waals surface area contributed by atoms with Crippen molar-refractivity contribution in [1.29, 1.82) is 0 Å². The first kappa shape index (κ1) is 13.8. The van der Waals surface area contributed by atoms with Gasteiger partial charge in [-0.15, -0.1) is 0 Å². The predicted octanol–water partition coefficient (Wildman–Crippen LogP) is -0.0825. The standard InChI is InChI=1S/C13H25N3O2/c1-11(13(17)16-7-5-14-6-8-16)15(2)10-12-4-3-9-18-12/h11-12,14H,3-10H2,1-2H3. The Morgan fingerprint density at radius 2 is 2.22 bits per heavy atom. The van der Waals surface area contributed by atoms with Gasteiger partial charge in [-0.25, -0.2) is 0 Å². The largest absolute Gasteiger partial charge is 0.377 e. The van der Waals surface area contributed by atoms with Gasteiger partial charge in [-0.3, -0.25) is 9.69 Å². The minimum absolute atomic E-state index is 0.0488. The zero-order valence-corrected chi connectivity index (χ0v) is 11.5. The van der Waals surface area contributed by atoms with Crippen molar-refractivity contribution in [2.75, 3.05) is 46.4 Å². The summed E-state index contributed by atoms with van der Waals surface area (Å²) in [5.74, 6) is 0.247. The number of carbonyl (C=O) groups is 1. The van der Waals surface area contributed by atoms with Crippen molar-refractivity contribution < 1.29 is 9.53 Å². The number of piperazine rings is 1. The summed E-state index contributed by atoms with van der Waals surface area (Å²) in [5.41, 5.74) is 0. The molecule has 0 aliphatic carbocycles. The van der Waals surface area contributed by atoms with Crippen LogP contribution >= 0.6 is 0 Å². The minimum Gasteiger partial charge on any atom is -0.377 e. The normalized spacial score (nSPS) is 26.6. The Balaban J connectivity index is 1.80. The van der Waals surface area contributed by atoms with E-state index in [1.54, 1.807) is 0 Å². The Morgan fingerprint density at radius 1 is 1.50 bits per heavy atom. The number of amides is 1. The first-order valence-electron chi connectivity index (χ1n) is 7.00. The van der Waals surface area contributed by atoms with Crippen LogP contribution in [0.5, 0.6) is 0 Å². The molecule has 0 aromatic heterocycles. The average Bonchev–Trinajstić information content (AvgIpc) is 2.91. The molecule has 1 N–H and O–H groups in total. The molecule has 2 unspecified atom stereocenters. The molecular weight excluding hydrogens is 230 g/mol. The van der Waals surface area contributed by atoms with Gasteiger partial charge in [-0.05, 0) is 26.8 Å². The van der Waals surface area contributed by atoms with Gasteiger partial charge in [0.25, 0.3) is 0 Å². The number of nitrogens with zero attached hydrogens (tertiary/aromatic N) is 2. The van der Waals surface area contributed by atoms with E-state index in [1.165, 1.54) is 0 Å². The molecule has 5 nitrogen and oxygen atoms in total. The fraction of sp³-hybridized carbons (Fsp3) is 0.923. The van der Waals surface area contributed by atoms with Crippen LogP contribution in [0.1, 0.15) is 19.8 Å². The van der Waals surface area contributed by atoms with Crippen molar-refractivity contribution in [3.63, 3.8) is 0 Å². The SMILES string of the molecule is CC(C(=O)N1CCNCC1)N(C)CC1CCCO1. The number of nitrogens with one attached hydrogen (secondary N) is 1. The van der Waals surface area contributed by atoms with E-state index in [4.69, 9.17) is 4.74 Å². The van der Waals surface area contributed by atoms with E-state index in [9.17, 15) is 4.79 Å². The second-order valence-electron chi connectivity index (χ2n) is 5.33. The summed E-state index contributed by atoms with van der Waals surface area (Å²) in [4.78, 5) is 16.4. The molecule has 2 heterocycles. The fourth-order valence-electron chi connectivity index (χ4n) is 2.61. The van der Waals surface area contributed by atoms with Gasteiger partial charge >= 0.3 is 0 Å². The minimum atomic E-state index is -0.0488. The summed E-state index contributed by atoms with van der Waals surface area (Å²) in [6, 6.07) is -0.0488. The molecule has 18 heavy (non-hydrogen) atoms. The highest BCUT2D eigenvalue weighted by Gasteiger charge is 2.27. The Hall–Kier alpha value is -0.650. The number of hydrogen-bond donors (Lipinski definition) is 1. The Morgan fingerprint density at radius 3 is 2.83 bits per heavy atom. The third-order valence-corrected chi connectivity index (χ3v) is 3.96. The molecule has 0 spiro atoms. The Bertz CT molecular complexity index is 273. The summed E-state index contributed by atoms with van der Waals surface area (Å²) in [5, 5.41) is 3.27. The van der Waals surface area contributed by atoms with E-state index in [0.717, 1.165) is 52.2 Å². The van der Waals surface area contributed by atoms with E-state index in [-0.39, 0.29) is 11.9 Å². The molecule has 104 valence electrons. The van der Waals surface area contributed by atoms with Crippen LogP contribution in [-0.4, -0.2) is 74.2 Å². The summed E-state index contributed by atoms with van der Waals surface area (Å²) in [6.07, 6.45) is 2.59. The van der Waals surface area contributed by atoms with Gasteiger partial charge in [0, 0.05) is 39.3 Å². The van der Waals surface area contributed by atoms with Crippen molar-refractivity contribution >= 4 is 5.91 Å². The first-order chi connectivity index (χ1) is 8.68. The maximum Gasteiger partial charge on any atom is 0.239 e. The Labute approximate surface area is 109 Å². The van der Waals surface area contributed by atoms with E-state index >= 15 is 0 Å². The number of rotatable bonds is 4. The second-order valence-corrected chi connectivity index (χ2v) is 5.33. The van der Waals surface area contributed by atoms with E-state index in [0.29, 0.717) is 6.10 Å². The fourth-order valence-corrected chi connectivity index (χ4v) is 2.61. The molecule has 0 aromatic carbocycles. The molecule has 2 rings (SSSR count). The molecule has 2 fully saturated rings. The first-order valence-corrected chi connectivity index (χ1v) is 7.00. The van der Waals surface area contributed by atoms with Crippen LogP contribution in [0.3, 0.4) is 0 Å². The van der Waals surface area contributed by atoms with Gasteiger partial charge < -0.3 is 15.0 Å². The number of likely N-dealkylation sites (N-methyl/N-ethyl adjacent to an activating group) is 1. The lowest BCUT2D eigenvalue weighted by atomic mass is 10.2. The molecule has 5 heteroatoms. The zero-order valence-electron chi connectivity index (χ0n) is 11.5. The quantitative estimate of drug-likeness (QED) is 0.763. The molecule has 2 aliphatic heterocycles. The van der Waals surface area contributed by atoms with Crippen LogP contribution in [0.4, 0.5) is 0 Å². The number of hydrogen-bond acceptors (Lipinski definition) is 4. The zero-order chi connectivity index (χ0) is 13.0. The number of ether oxygens (including phenoxy) is 1. The highest BCUT2D eigenvalue weighted by molar-refractivity contribution is 5.81. The van der Waals surface area contributed by atoms with Gasteiger partial charge in [0.15, 0.2) is 0 Å². The third-order valence-electron chi connectivity index (χ3n) is 3.96. The summed E-state index contributed by atoms with van der Waals surface area (Å²) < 4.78 is 5.62. The highest BCUT2D eigenvalue weighted by atomic mass is 16.5. The lowest BCUT2D eigenvalue weighted by Gasteiger charge is -2.33. The smallest absolute Gasteiger partial charge is 0.239 e. The van der Waals surface area contributed by atoms with Crippen molar-refractivity contribution in [3.8, 4) is 0 Å². The Kier molecular flexibility index (Phi) is 4.97. The molecule has 0 bridgehead atoms. The van der Waals surface area contributed by atoms with E-state index in [1.807, 2.05) is 18.9 Å². The van der Waals surface area contributed by atoms with Gasteiger partial charge in [0.2, 0.25) is 5.91 Å². The monoisotopic (exact) mass is 255 g/mol. The van der Waals surface area contributed by atoms with E-state index < -0.39 is 0 Å². The van der Waals surface area contributed by atoms with Crippen molar-refractivity contribution in [1.82, 2.24) is 15.1 Å². The number of carbonyl (C=O) groups excluding carboxylic acids is 1. The summed E-state index contributed by atoms with van der Waals surface area (Å²) >= 11 is 0. The lowest BCUT2D eigenvalue weighted by molar-refractivity contribution is -0.137. The highest BCUT2D eigenvalue weighted by Crippen LogP contribution is 2.14. The lowest BCUT2D eigenvalue weighted by Crippen LogP contribution is -2.53. The molecular formula is C13H25N3O2. The van der Waals surface area contributed by atoms with Crippen LogP contribution < -0.4 is 5.32 Å². The third kappa shape index (κ3) is 3.43. The van der Waals surface area contributed by atoms with Gasteiger partial charge in [0.1, 0.15) is 0 Å². The molecule has 0 aromatic rings. The van der Waals surface area contributed by atoms with Gasteiger partial charge in [-0.1, -0.05) is 0 Å². The average molecular weight is 255 g/mol. The second kappa shape index (κ2) is 6.50. The summed E-state index contributed by atoms with van der Waals surface area (Å²) in [6.45, 7) is 7.21. The van der Waals surface area contributed by atoms with Crippen molar-refractivity contribution in [2.24, 2.45) is 0 Å². The van der Waals surface area contributed by atoms with Crippen LogP contribution in [0, 0.1) is 0 Å². The maximum absolute atomic E-state index is 12.3.